The fourth-order valence-corrected chi connectivity index (χ4v) is 4.25. The van der Waals surface area contributed by atoms with Crippen LogP contribution in [0.5, 0.6) is 0 Å². The van der Waals surface area contributed by atoms with Crippen LogP contribution in [0.15, 0.2) is 60.7 Å². The number of nitrogens with zero attached hydrogens (tertiary/aromatic N) is 3. The van der Waals surface area contributed by atoms with Crippen molar-refractivity contribution < 1.29 is 4.79 Å². The molecule has 1 fully saturated rings. The van der Waals surface area contributed by atoms with Gasteiger partial charge in [0.25, 0.3) is 5.91 Å². The number of piperazine rings is 1. The van der Waals surface area contributed by atoms with Gasteiger partial charge in [0.1, 0.15) is 0 Å². The van der Waals surface area contributed by atoms with Gasteiger partial charge in [-0.05, 0) is 37.2 Å². The highest BCUT2D eigenvalue weighted by molar-refractivity contribution is 6.32. The van der Waals surface area contributed by atoms with Crippen molar-refractivity contribution in [3.05, 3.63) is 76.9 Å². The maximum absolute atomic E-state index is 13.4. The second-order valence-electron chi connectivity index (χ2n) is 7.41. The van der Waals surface area contributed by atoms with Crippen LogP contribution in [-0.4, -0.2) is 53.0 Å². The molecule has 0 aliphatic carbocycles. The Labute approximate surface area is 177 Å². The summed E-state index contributed by atoms with van der Waals surface area (Å²) in [7, 11) is 0. The van der Waals surface area contributed by atoms with E-state index in [0.717, 1.165) is 60.9 Å². The lowest BCUT2D eigenvalue weighted by Gasteiger charge is -2.34. The van der Waals surface area contributed by atoms with Crippen LogP contribution in [0.2, 0.25) is 5.02 Å². The molecule has 0 radical (unpaired) electrons. The Morgan fingerprint density at radius 2 is 1.62 bits per heavy atom. The van der Waals surface area contributed by atoms with E-state index in [-0.39, 0.29) is 5.91 Å². The van der Waals surface area contributed by atoms with E-state index in [1.165, 1.54) is 0 Å². The molecule has 5 heteroatoms. The third kappa shape index (κ3) is 3.83. The summed E-state index contributed by atoms with van der Waals surface area (Å²) in [5.74, 6) is 0.0984. The lowest BCUT2D eigenvalue weighted by Crippen LogP contribution is -2.48. The molecule has 1 aliphatic rings. The van der Waals surface area contributed by atoms with Crippen LogP contribution < -0.4 is 0 Å². The summed E-state index contributed by atoms with van der Waals surface area (Å²) in [6, 6.07) is 20.0. The maximum Gasteiger partial charge on any atom is 0.255 e. The van der Waals surface area contributed by atoms with Gasteiger partial charge in [0.05, 0.1) is 22.0 Å². The Hall–Kier alpha value is -2.56. The van der Waals surface area contributed by atoms with E-state index in [1.54, 1.807) is 0 Å². The fourth-order valence-electron chi connectivity index (χ4n) is 4.03. The predicted octanol–water partition coefficient (Wildman–Crippen LogP) is 4.88. The summed E-state index contributed by atoms with van der Waals surface area (Å²) < 4.78 is 2.10. The van der Waals surface area contributed by atoms with Crippen LogP contribution in [0.25, 0.3) is 16.9 Å². The first-order valence-corrected chi connectivity index (χ1v) is 10.5. The van der Waals surface area contributed by atoms with Crippen LogP contribution in [0, 0.1) is 6.92 Å². The zero-order chi connectivity index (χ0) is 20.4. The van der Waals surface area contributed by atoms with Crippen molar-refractivity contribution in [1.29, 1.82) is 0 Å². The Kier molecular flexibility index (Phi) is 5.74. The number of amides is 1. The number of hydrogen-bond donors (Lipinski definition) is 0. The van der Waals surface area contributed by atoms with Crippen LogP contribution in [-0.2, 0) is 0 Å². The van der Waals surface area contributed by atoms with Crippen molar-refractivity contribution >= 4 is 17.5 Å². The summed E-state index contributed by atoms with van der Waals surface area (Å²) in [5, 5.41) is 0.666. The second-order valence-corrected chi connectivity index (χ2v) is 7.82. The van der Waals surface area contributed by atoms with Gasteiger partial charge in [0.2, 0.25) is 0 Å². The molecule has 4 rings (SSSR count). The third-order valence-corrected chi connectivity index (χ3v) is 6.07. The number of benzene rings is 2. The summed E-state index contributed by atoms with van der Waals surface area (Å²) in [4.78, 5) is 17.7. The zero-order valence-electron chi connectivity index (χ0n) is 16.9. The molecule has 0 atom stereocenters. The Morgan fingerprint density at radius 1 is 0.966 bits per heavy atom. The highest BCUT2D eigenvalue weighted by Gasteiger charge is 2.26. The van der Waals surface area contributed by atoms with Gasteiger partial charge in [-0.15, -0.1) is 0 Å². The van der Waals surface area contributed by atoms with Gasteiger partial charge >= 0.3 is 0 Å². The van der Waals surface area contributed by atoms with E-state index in [0.29, 0.717) is 5.02 Å². The summed E-state index contributed by atoms with van der Waals surface area (Å²) in [6.45, 7) is 8.59. The predicted molar refractivity (Wildman–Crippen MR) is 119 cm³/mol. The number of likely N-dealkylation sites (N-methyl/N-ethyl adjacent to an activating group) is 1. The molecule has 0 bridgehead atoms. The molecule has 1 aromatic heterocycles. The number of rotatable bonds is 4. The van der Waals surface area contributed by atoms with E-state index in [1.807, 2.05) is 60.4 Å². The minimum absolute atomic E-state index is 0.0984. The van der Waals surface area contributed by atoms with Gasteiger partial charge < -0.3 is 14.4 Å². The molecule has 0 spiro atoms. The first-order chi connectivity index (χ1) is 14.1. The number of carbonyl (C=O) groups excluding carboxylic acids is 1. The van der Waals surface area contributed by atoms with Crippen LogP contribution in [0.4, 0.5) is 0 Å². The molecule has 0 saturated carbocycles. The molecule has 3 aromatic rings. The number of aromatic nitrogens is 1. The van der Waals surface area contributed by atoms with Gasteiger partial charge in [0, 0.05) is 31.9 Å². The lowest BCUT2D eigenvalue weighted by molar-refractivity contribution is 0.0642. The summed E-state index contributed by atoms with van der Waals surface area (Å²) in [6.07, 6.45) is 0. The van der Waals surface area contributed by atoms with E-state index in [9.17, 15) is 4.79 Å². The minimum Gasteiger partial charge on any atom is -0.336 e. The van der Waals surface area contributed by atoms with Crippen molar-refractivity contribution in [2.45, 2.75) is 13.8 Å². The first-order valence-electron chi connectivity index (χ1n) is 10.1. The highest BCUT2D eigenvalue weighted by atomic mass is 35.5. The highest BCUT2D eigenvalue weighted by Crippen LogP contribution is 2.33. The average molecular weight is 408 g/mol. The van der Waals surface area contributed by atoms with Gasteiger partial charge in [-0.1, -0.05) is 61.0 Å². The van der Waals surface area contributed by atoms with Gasteiger partial charge in [-0.25, -0.2) is 0 Å². The molecule has 1 saturated heterocycles. The average Bonchev–Trinajstić information content (AvgIpc) is 3.11. The smallest absolute Gasteiger partial charge is 0.255 e. The van der Waals surface area contributed by atoms with Gasteiger partial charge in [0.15, 0.2) is 0 Å². The molecule has 0 N–H and O–H groups in total. The topological polar surface area (TPSA) is 28.5 Å². The van der Waals surface area contributed by atoms with Crippen molar-refractivity contribution in [2.24, 2.45) is 0 Å². The number of para-hydroxylation sites is 1. The fraction of sp³-hybridized carbons (Fsp3) is 0.292. The number of halogens is 1. The molecule has 2 heterocycles. The minimum atomic E-state index is 0.0984. The molecule has 0 unspecified atom stereocenters. The Balaban J connectivity index is 1.78. The van der Waals surface area contributed by atoms with E-state index in [2.05, 4.69) is 28.5 Å². The monoisotopic (exact) mass is 407 g/mol. The number of hydrogen-bond acceptors (Lipinski definition) is 2. The first kappa shape index (κ1) is 19.7. The largest absolute Gasteiger partial charge is 0.336 e. The Bertz CT molecular complexity index is 1000. The zero-order valence-corrected chi connectivity index (χ0v) is 17.7. The SMILES string of the molecule is CCN1CCN(C(=O)c2cc(-c3ccccc3)n(-c3ccccc3Cl)c2C)CC1. The lowest BCUT2D eigenvalue weighted by atomic mass is 10.1. The van der Waals surface area contributed by atoms with Crippen molar-refractivity contribution in [1.82, 2.24) is 14.4 Å². The van der Waals surface area contributed by atoms with Crippen LogP contribution in [0.1, 0.15) is 23.0 Å². The molecular formula is C24H26ClN3O. The van der Waals surface area contributed by atoms with E-state index in [4.69, 9.17) is 11.6 Å². The molecule has 29 heavy (non-hydrogen) atoms. The third-order valence-electron chi connectivity index (χ3n) is 5.75. The van der Waals surface area contributed by atoms with Crippen molar-refractivity contribution in [3.63, 3.8) is 0 Å². The summed E-state index contributed by atoms with van der Waals surface area (Å²) >= 11 is 6.54. The van der Waals surface area contributed by atoms with E-state index < -0.39 is 0 Å². The molecule has 1 aliphatic heterocycles. The molecule has 2 aromatic carbocycles. The normalized spacial score (nSPS) is 14.9. The maximum atomic E-state index is 13.4. The number of carbonyl (C=O) groups is 1. The van der Waals surface area contributed by atoms with Gasteiger partial charge in [-0.3, -0.25) is 4.79 Å². The van der Waals surface area contributed by atoms with Crippen LogP contribution >= 0.6 is 11.6 Å². The van der Waals surface area contributed by atoms with E-state index >= 15 is 0 Å². The quantitative estimate of drug-likeness (QED) is 0.616. The second kappa shape index (κ2) is 8.44. The molecule has 150 valence electrons. The standard InChI is InChI=1S/C24H26ClN3O/c1-3-26-13-15-27(16-14-26)24(29)20-17-23(19-9-5-4-6-10-19)28(18(20)2)22-12-8-7-11-21(22)25/h4-12,17H,3,13-16H2,1-2H3. The molecule has 1 amide bonds. The van der Waals surface area contributed by atoms with Gasteiger partial charge in [-0.2, -0.15) is 0 Å². The summed E-state index contributed by atoms with van der Waals surface area (Å²) in [5.41, 5.74) is 4.59. The molecular weight excluding hydrogens is 382 g/mol. The van der Waals surface area contributed by atoms with Crippen molar-refractivity contribution in [2.75, 3.05) is 32.7 Å². The molecule has 4 nitrogen and oxygen atoms in total. The Morgan fingerprint density at radius 3 is 2.28 bits per heavy atom. The van der Waals surface area contributed by atoms with Crippen LogP contribution in [0.3, 0.4) is 0 Å². The van der Waals surface area contributed by atoms with Crippen molar-refractivity contribution in [3.8, 4) is 16.9 Å².